The fourth-order valence-corrected chi connectivity index (χ4v) is 2.14. The molecule has 1 aliphatic heterocycles. The molecule has 4 heteroatoms. The lowest BCUT2D eigenvalue weighted by Gasteiger charge is -2.25. The van der Waals surface area contributed by atoms with Gasteiger partial charge in [-0.1, -0.05) is 0 Å². The number of hydrogen-bond donors (Lipinski definition) is 1. The van der Waals surface area contributed by atoms with Gasteiger partial charge in [0.1, 0.15) is 0 Å². The van der Waals surface area contributed by atoms with Crippen molar-refractivity contribution >= 4 is 11.8 Å². The van der Waals surface area contributed by atoms with Gasteiger partial charge in [-0.25, -0.2) is 0 Å². The van der Waals surface area contributed by atoms with E-state index in [4.69, 9.17) is 0 Å². The van der Waals surface area contributed by atoms with Crippen LogP contribution >= 0.6 is 11.8 Å². The fraction of sp³-hybridized carbons (Fsp3) is 0.667. The molecule has 1 aliphatic rings. The second kappa shape index (κ2) is 3.72. The maximum absolute atomic E-state index is 4.30. The van der Waals surface area contributed by atoms with Gasteiger partial charge in [0.25, 0.3) is 0 Å². The molecule has 0 bridgehead atoms. The van der Waals surface area contributed by atoms with E-state index in [1.807, 2.05) is 23.5 Å². The Kier molecular flexibility index (Phi) is 2.60. The Balaban J connectivity index is 1.89. The molecule has 0 amide bonds. The number of nitrogens with zero attached hydrogens (tertiary/aromatic N) is 2. The summed E-state index contributed by atoms with van der Waals surface area (Å²) in [5.74, 6) is 2.53. The highest BCUT2D eigenvalue weighted by Gasteiger charge is 2.17. The molecule has 1 N–H and O–H groups in total. The first-order valence-corrected chi connectivity index (χ1v) is 5.71. The number of rotatable bonds is 3. The van der Waals surface area contributed by atoms with Crippen molar-refractivity contribution in [1.82, 2.24) is 15.1 Å². The molecular weight excluding hydrogens is 182 g/mol. The number of aryl methyl sites for hydroxylation is 2. The molecule has 72 valence electrons. The van der Waals surface area contributed by atoms with Gasteiger partial charge in [-0.3, -0.25) is 4.68 Å². The zero-order valence-corrected chi connectivity index (χ0v) is 8.90. The molecule has 2 heterocycles. The summed E-state index contributed by atoms with van der Waals surface area (Å²) in [7, 11) is 1.97. The summed E-state index contributed by atoms with van der Waals surface area (Å²) < 4.78 is 1.88. The van der Waals surface area contributed by atoms with Gasteiger partial charge in [-0.05, 0) is 6.92 Å². The maximum Gasteiger partial charge on any atom is 0.0638 e. The minimum atomic E-state index is 0.726. The second-order valence-electron chi connectivity index (χ2n) is 3.53. The van der Waals surface area contributed by atoms with Gasteiger partial charge in [-0.15, -0.1) is 0 Å². The molecule has 1 aromatic heterocycles. The maximum atomic E-state index is 4.30. The molecule has 1 aromatic rings. The van der Waals surface area contributed by atoms with E-state index in [0.29, 0.717) is 0 Å². The van der Waals surface area contributed by atoms with Crippen molar-refractivity contribution in [2.75, 3.05) is 11.5 Å². The van der Waals surface area contributed by atoms with Crippen LogP contribution in [0, 0.1) is 6.92 Å². The highest BCUT2D eigenvalue weighted by atomic mass is 32.2. The Morgan fingerprint density at radius 3 is 2.92 bits per heavy atom. The van der Waals surface area contributed by atoms with Crippen molar-refractivity contribution in [3.05, 3.63) is 17.5 Å². The topological polar surface area (TPSA) is 29.9 Å². The van der Waals surface area contributed by atoms with E-state index >= 15 is 0 Å². The van der Waals surface area contributed by atoms with Crippen LogP contribution in [0.25, 0.3) is 0 Å². The van der Waals surface area contributed by atoms with Crippen molar-refractivity contribution < 1.29 is 0 Å². The summed E-state index contributed by atoms with van der Waals surface area (Å²) in [6.07, 6.45) is 2.09. The summed E-state index contributed by atoms with van der Waals surface area (Å²) in [6, 6.07) is 0.726. The summed E-state index contributed by atoms with van der Waals surface area (Å²) in [5, 5.41) is 7.82. The minimum absolute atomic E-state index is 0.726. The van der Waals surface area contributed by atoms with Gasteiger partial charge >= 0.3 is 0 Å². The largest absolute Gasteiger partial charge is 0.308 e. The molecule has 1 fully saturated rings. The van der Waals surface area contributed by atoms with Crippen LogP contribution in [0.1, 0.15) is 11.3 Å². The Bertz CT molecular complexity index is 291. The first-order chi connectivity index (χ1) is 6.25. The lowest BCUT2D eigenvalue weighted by atomic mass is 10.2. The molecule has 0 atom stereocenters. The zero-order chi connectivity index (χ0) is 9.26. The van der Waals surface area contributed by atoms with Gasteiger partial charge in [0, 0.05) is 42.9 Å². The van der Waals surface area contributed by atoms with Crippen LogP contribution in [0.4, 0.5) is 0 Å². The normalized spacial score (nSPS) is 17.4. The van der Waals surface area contributed by atoms with Gasteiger partial charge in [0.05, 0.1) is 5.69 Å². The van der Waals surface area contributed by atoms with Gasteiger partial charge in [0.2, 0.25) is 0 Å². The smallest absolute Gasteiger partial charge is 0.0638 e. The van der Waals surface area contributed by atoms with E-state index in [9.17, 15) is 0 Å². The van der Waals surface area contributed by atoms with Gasteiger partial charge < -0.3 is 5.32 Å². The van der Waals surface area contributed by atoms with Crippen molar-refractivity contribution in [3.63, 3.8) is 0 Å². The Morgan fingerprint density at radius 1 is 1.69 bits per heavy atom. The summed E-state index contributed by atoms with van der Waals surface area (Å²) in [5.41, 5.74) is 2.46. The third-order valence-corrected chi connectivity index (χ3v) is 3.61. The summed E-state index contributed by atoms with van der Waals surface area (Å²) in [6.45, 7) is 3.03. The van der Waals surface area contributed by atoms with E-state index in [2.05, 4.69) is 23.5 Å². The zero-order valence-electron chi connectivity index (χ0n) is 8.08. The molecular formula is C9H15N3S. The van der Waals surface area contributed by atoms with Gasteiger partial charge in [-0.2, -0.15) is 16.9 Å². The standard InChI is InChI=1S/C9H15N3S/c1-7-8(4-12(2)11-7)3-10-9-5-13-6-9/h4,9-10H,3,5-6H2,1-2H3. The number of hydrogen-bond acceptors (Lipinski definition) is 3. The first-order valence-electron chi connectivity index (χ1n) is 4.56. The van der Waals surface area contributed by atoms with Crippen molar-refractivity contribution in [2.24, 2.45) is 7.05 Å². The summed E-state index contributed by atoms with van der Waals surface area (Å²) >= 11 is 2.01. The van der Waals surface area contributed by atoms with Crippen LogP contribution < -0.4 is 5.32 Å². The number of thioether (sulfide) groups is 1. The molecule has 13 heavy (non-hydrogen) atoms. The minimum Gasteiger partial charge on any atom is -0.308 e. The third kappa shape index (κ3) is 2.06. The molecule has 2 rings (SSSR count). The predicted octanol–water partition coefficient (Wildman–Crippen LogP) is 0.934. The lowest BCUT2D eigenvalue weighted by molar-refractivity contribution is 0.581. The molecule has 3 nitrogen and oxygen atoms in total. The molecule has 0 aliphatic carbocycles. The average Bonchev–Trinajstić information content (AvgIpc) is 2.27. The Labute approximate surface area is 82.9 Å². The number of nitrogens with one attached hydrogen (secondary N) is 1. The van der Waals surface area contributed by atoms with E-state index in [0.717, 1.165) is 18.3 Å². The monoisotopic (exact) mass is 197 g/mol. The van der Waals surface area contributed by atoms with Gasteiger partial charge in [0.15, 0.2) is 0 Å². The van der Waals surface area contributed by atoms with Crippen LogP contribution in [0.15, 0.2) is 6.20 Å². The van der Waals surface area contributed by atoms with Crippen molar-refractivity contribution in [3.8, 4) is 0 Å². The van der Waals surface area contributed by atoms with E-state index in [-0.39, 0.29) is 0 Å². The Hall–Kier alpha value is -0.480. The molecule has 0 spiro atoms. The predicted molar refractivity (Wildman–Crippen MR) is 55.9 cm³/mol. The average molecular weight is 197 g/mol. The molecule has 0 aromatic carbocycles. The van der Waals surface area contributed by atoms with Crippen LogP contribution in [0.3, 0.4) is 0 Å². The number of aromatic nitrogens is 2. The molecule has 1 saturated heterocycles. The van der Waals surface area contributed by atoms with E-state index in [1.54, 1.807) is 0 Å². The SMILES string of the molecule is Cc1nn(C)cc1CNC1CSC1. The summed E-state index contributed by atoms with van der Waals surface area (Å²) in [4.78, 5) is 0. The lowest BCUT2D eigenvalue weighted by Crippen LogP contribution is -2.39. The van der Waals surface area contributed by atoms with Crippen LogP contribution in [0.2, 0.25) is 0 Å². The highest BCUT2D eigenvalue weighted by molar-refractivity contribution is 8.00. The fourth-order valence-electron chi connectivity index (χ4n) is 1.43. The van der Waals surface area contributed by atoms with E-state index in [1.165, 1.54) is 17.1 Å². The van der Waals surface area contributed by atoms with Crippen LogP contribution in [0.5, 0.6) is 0 Å². The third-order valence-electron chi connectivity index (χ3n) is 2.33. The van der Waals surface area contributed by atoms with Crippen LogP contribution in [-0.4, -0.2) is 27.3 Å². The molecule has 0 unspecified atom stereocenters. The van der Waals surface area contributed by atoms with Crippen molar-refractivity contribution in [1.29, 1.82) is 0 Å². The van der Waals surface area contributed by atoms with Crippen LogP contribution in [-0.2, 0) is 13.6 Å². The first kappa shape index (κ1) is 9.09. The second-order valence-corrected chi connectivity index (χ2v) is 4.60. The molecule has 0 radical (unpaired) electrons. The quantitative estimate of drug-likeness (QED) is 0.782. The molecule has 0 saturated carbocycles. The highest BCUT2D eigenvalue weighted by Crippen LogP contribution is 2.17. The Morgan fingerprint density at radius 2 is 2.46 bits per heavy atom. The van der Waals surface area contributed by atoms with E-state index < -0.39 is 0 Å². The van der Waals surface area contributed by atoms with Crippen molar-refractivity contribution in [2.45, 2.75) is 19.5 Å².